The van der Waals surface area contributed by atoms with Gasteiger partial charge in [-0.2, -0.15) is 13.2 Å². The van der Waals surface area contributed by atoms with Gasteiger partial charge in [0.25, 0.3) is 5.91 Å². The van der Waals surface area contributed by atoms with E-state index in [0.29, 0.717) is 6.54 Å². The average molecular weight is 543 g/mol. The SMILES string of the molecule is C[C@@H]1CN(c2ccccc2C=Cc2cc(-c3cc4c([nH]3)CCNC4=O)ccn2)C[C@H](C)O1.O=C(O)C(F)(F)F. The number of alkyl halides is 3. The van der Waals surface area contributed by atoms with Crippen LogP contribution in [-0.2, 0) is 16.0 Å². The third-order valence-electron chi connectivity index (χ3n) is 6.27. The number of carbonyl (C=O) groups is 2. The molecule has 206 valence electrons. The molecule has 0 radical (unpaired) electrons. The van der Waals surface area contributed by atoms with Gasteiger partial charge in [-0.15, -0.1) is 0 Å². The van der Waals surface area contributed by atoms with E-state index in [0.717, 1.165) is 53.3 Å². The molecule has 0 saturated carbocycles. The van der Waals surface area contributed by atoms with Crippen LogP contribution in [0.15, 0.2) is 48.7 Å². The lowest BCUT2D eigenvalue weighted by Crippen LogP contribution is -2.45. The van der Waals surface area contributed by atoms with Crippen molar-refractivity contribution >= 4 is 29.7 Å². The molecule has 0 aliphatic carbocycles. The van der Waals surface area contributed by atoms with Crippen molar-refractivity contribution in [3.05, 3.63) is 71.2 Å². The number of H-pyrrole nitrogens is 1. The van der Waals surface area contributed by atoms with Crippen molar-refractivity contribution in [2.45, 2.75) is 38.7 Å². The minimum atomic E-state index is -5.08. The van der Waals surface area contributed by atoms with E-state index in [4.69, 9.17) is 14.6 Å². The normalized spacial score (nSPS) is 19.2. The molecule has 2 atom stereocenters. The van der Waals surface area contributed by atoms with Gasteiger partial charge in [-0.25, -0.2) is 4.79 Å². The molecule has 0 spiro atoms. The van der Waals surface area contributed by atoms with Gasteiger partial charge < -0.3 is 25.0 Å². The molecule has 5 rings (SSSR count). The number of halogens is 3. The number of nitrogens with zero attached hydrogens (tertiary/aromatic N) is 2. The fraction of sp³-hybridized carbons (Fsp3) is 0.321. The van der Waals surface area contributed by atoms with Gasteiger partial charge in [0.05, 0.1) is 23.5 Å². The van der Waals surface area contributed by atoms with Crippen molar-refractivity contribution in [3.63, 3.8) is 0 Å². The summed E-state index contributed by atoms with van der Waals surface area (Å²) in [7, 11) is 0. The van der Waals surface area contributed by atoms with Crippen LogP contribution in [0.2, 0.25) is 0 Å². The predicted molar refractivity (Wildman–Crippen MR) is 141 cm³/mol. The number of carboxylic acids is 1. The number of nitrogens with one attached hydrogen (secondary N) is 2. The smallest absolute Gasteiger partial charge is 0.475 e. The first kappa shape index (κ1) is 27.9. The Morgan fingerprint density at radius 1 is 1.13 bits per heavy atom. The Balaban J connectivity index is 0.000000448. The number of aromatic nitrogens is 2. The van der Waals surface area contributed by atoms with Gasteiger partial charge in [-0.3, -0.25) is 9.78 Å². The number of anilines is 1. The van der Waals surface area contributed by atoms with Crippen LogP contribution < -0.4 is 10.2 Å². The molecule has 2 aliphatic rings. The summed E-state index contributed by atoms with van der Waals surface area (Å²) in [5, 5.41) is 10.0. The number of hydrogen-bond donors (Lipinski definition) is 3. The number of para-hydroxylation sites is 1. The van der Waals surface area contributed by atoms with Crippen LogP contribution in [0.4, 0.5) is 18.9 Å². The van der Waals surface area contributed by atoms with Crippen molar-refractivity contribution in [3.8, 4) is 11.3 Å². The van der Waals surface area contributed by atoms with E-state index in [1.807, 2.05) is 30.5 Å². The number of aliphatic carboxylic acids is 1. The number of aromatic amines is 1. The monoisotopic (exact) mass is 542 g/mol. The molecule has 11 heteroatoms. The zero-order valence-corrected chi connectivity index (χ0v) is 21.5. The molecule has 1 fully saturated rings. The zero-order valence-electron chi connectivity index (χ0n) is 21.5. The van der Waals surface area contributed by atoms with E-state index in [1.165, 1.54) is 5.69 Å². The number of ether oxygens (including phenoxy) is 1. The molecule has 1 amide bonds. The highest BCUT2D eigenvalue weighted by Crippen LogP contribution is 2.27. The number of hydrogen-bond acceptors (Lipinski definition) is 5. The number of rotatable bonds is 4. The van der Waals surface area contributed by atoms with E-state index in [9.17, 15) is 18.0 Å². The Morgan fingerprint density at radius 2 is 1.82 bits per heavy atom. The van der Waals surface area contributed by atoms with E-state index >= 15 is 0 Å². The maximum atomic E-state index is 12.1. The van der Waals surface area contributed by atoms with Gasteiger partial charge in [0.2, 0.25) is 0 Å². The molecule has 39 heavy (non-hydrogen) atoms. The number of carbonyl (C=O) groups excluding carboxylic acids is 1. The molecule has 0 unspecified atom stereocenters. The van der Waals surface area contributed by atoms with Gasteiger partial charge in [0.1, 0.15) is 0 Å². The Bertz CT molecular complexity index is 1360. The van der Waals surface area contributed by atoms with E-state index < -0.39 is 12.1 Å². The van der Waals surface area contributed by atoms with Gasteiger partial charge in [0.15, 0.2) is 0 Å². The number of carboxylic acid groups (broad SMARTS) is 1. The first-order chi connectivity index (χ1) is 18.5. The van der Waals surface area contributed by atoms with Gasteiger partial charge in [0, 0.05) is 54.9 Å². The molecular formula is C28H29F3N4O4. The molecule has 2 aromatic heterocycles. The minimum Gasteiger partial charge on any atom is -0.475 e. The summed E-state index contributed by atoms with van der Waals surface area (Å²) in [4.78, 5) is 31.3. The maximum Gasteiger partial charge on any atom is 0.490 e. The third-order valence-corrected chi connectivity index (χ3v) is 6.27. The van der Waals surface area contributed by atoms with Crippen LogP contribution in [0.25, 0.3) is 23.4 Å². The van der Waals surface area contributed by atoms with Crippen LogP contribution in [0.1, 0.15) is 41.2 Å². The summed E-state index contributed by atoms with van der Waals surface area (Å²) in [5.74, 6) is -2.77. The second-order valence-electron chi connectivity index (χ2n) is 9.41. The number of fused-ring (bicyclic) bond motifs is 1. The third kappa shape index (κ3) is 7.05. The first-order valence-electron chi connectivity index (χ1n) is 12.5. The van der Waals surface area contributed by atoms with Gasteiger partial charge in [-0.1, -0.05) is 24.3 Å². The van der Waals surface area contributed by atoms with E-state index in [-0.39, 0.29) is 18.1 Å². The summed E-state index contributed by atoms with van der Waals surface area (Å²) in [5.41, 5.74) is 6.95. The van der Waals surface area contributed by atoms with Crippen molar-refractivity contribution in [2.24, 2.45) is 0 Å². The molecule has 4 heterocycles. The second-order valence-corrected chi connectivity index (χ2v) is 9.41. The Labute approximate surface area is 223 Å². The summed E-state index contributed by atoms with van der Waals surface area (Å²) >= 11 is 0. The van der Waals surface area contributed by atoms with Crippen molar-refractivity contribution < 1.29 is 32.6 Å². The molecule has 2 aliphatic heterocycles. The lowest BCUT2D eigenvalue weighted by atomic mass is 10.1. The lowest BCUT2D eigenvalue weighted by molar-refractivity contribution is -0.192. The molecule has 8 nitrogen and oxygen atoms in total. The van der Waals surface area contributed by atoms with Crippen molar-refractivity contribution in [2.75, 3.05) is 24.5 Å². The number of morpholine rings is 1. The van der Waals surface area contributed by atoms with E-state index in [1.54, 1.807) is 0 Å². The number of pyridine rings is 1. The van der Waals surface area contributed by atoms with Crippen molar-refractivity contribution in [1.82, 2.24) is 15.3 Å². The Hall–Kier alpha value is -4.12. The van der Waals surface area contributed by atoms with Crippen LogP contribution in [0.3, 0.4) is 0 Å². The highest BCUT2D eigenvalue weighted by molar-refractivity contribution is 5.97. The summed E-state index contributed by atoms with van der Waals surface area (Å²) in [6, 6.07) is 14.4. The molecule has 3 N–H and O–H groups in total. The standard InChI is InChI=1S/C26H28N4O2.C2HF3O2/c1-17-15-30(16-18(2)32-17)25-6-4-3-5-19(25)7-8-21-13-20(9-11-27-21)24-14-22-23(29-24)10-12-28-26(22)31;3-2(4,5)1(6)7/h3-9,11,13-14,17-18,29H,10,12,15-16H2,1-2H3,(H,28,31);(H,6,7)/t17-,18+;. The highest BCUT2D eigenvalue weighted by Gasteiger charge is 2.38. The van der Waals surface area contributed by atoms with Gasteiger partial charge in [-0.05, 0) is 49.8 Å². The zero-order chi connectivity index (χ0) is 28.2. The lowest BCUT2D eigenvalue weighted by Gasteiger charge is -2.37. The summed E-state index contributed by atoms with van der Waals surface area (Å²) < 4.78 is 37.6. The molecule has 3 aromatic rings. The van der Waals surface area contributed by atoms with Gasteiger partial charge >= 0.3 is 12.1 Å². The second kappa shape index (κ2) is 11.7. The maximum absolute atomic E-state index is 12.1. The van der Waals surface area contributed by atoms with Crippen LogP contribution in [0, 0.1) is 0 Å². The average Bonchev–Trinajstić information content (AvgIpc) is 3.33. The minimum absolute atomic E-state index is 0.00807. The first-order valence-corrected chi connectivity index (χ1v) is 12.5. The topological polar surface area (TPSA) is 108 Å². The molecule has 0 bridgehead atoms. The summed E-state index contributed by atoms with van der Waals surface area (Å²) in [6.45, 7) is 6.69. The van der Waals surface area contributed by atoms with Crippen LogP contribution in [-0.4, -0.2) is 65.0 Å². The highest BCUT2D eigenvalue weighted by atomic mass is 19.4. The Kier molecular flexibility index (Phi) is 8.39. The largest absolute Gasteiger partial charge is 0.490 e. The quantitative estimate of drug-likeness (QED) is 0.438. The Morgan fingerprint density at radius 3 is 2.49 bits per heavy atom. The fourth-order valence-corrected chi connectivity index (χ4v) is 4.62. The molecule has 1 aromatic carbocycles. The number of benzene rings is 1. The molecular weight excluding hydrogens is 513 g/mol. The molecule has 1 saturated heterocycles. The number of amides is 1. The van der Waals surface area contributed by atoms with Crippen LogP contribution in [0.5, 0.6) is 0 Å². The van der Waals surface area contributed by atoms with Crippen molar-refractivity contribution in [1.29, 1.82) is 0 Å². The van der Waals surface area contributed by atoms with Crippen LogP contribution >= 0.6 is 0 Å². The summed E-state index contributed by atoms with van der Waals surface area (Å²) in [6.07, 6.45) is 2.15. The fourth-order valence-electron chi connectivity index (χ4n) is 4.62. The predicted octanol–water partition coefficient (Wildman–Crippen LogP) is 4.78. The van der Waals surface area contributed by atoms with E-state index in [2.05, 4.69) is 64.4 Å².